The second-order valence-corrected chi connectivity index (χ2v) is 6.50. The van der Waals surface area contributed by atoms with Crippen LogP contribution in [0.15, 0.2) is 97.3 Å². The smallest absolute Gasteiger partial charge is 0.0781 e. The minimum Gasteiger partial charge on any atom is -0.355 e. The molecule has 3 aromatic carbocycles. The van der Waals surface area contributed by atoms with Gasteiger partial charge in [0.05, 0.1) is 11.2 Å². The zero-order valence-electron chi connectivity index (χ0n) is 14.6. The Morgan fingerprint density at radius 3 is 2.37 bits per heavy atom. The van der Waals surface area contributed by atoms with E-state index in [0.717, 1.165) is 38.9 Å². The Bertz CT molecular complexity index is 1250. The number of aromatic nitrogens is 2. The third-order valence-electron chi connectivity index (χ3n) is 4.70. The molecule has 3 heteroatoms. The van der Waals surface area contributed by atoms with Crippen molar-refractivity contribution in [2.24, 2.45) is 0 Å². The van der Waals surface area contributed by atoms with Gasteiger partial charge in [0.15, 0.2) is 0 Å². The van der Waals surface area contributed by atoms with Crippen molar-refractivity contribution < 1.29 is 0 Å². The van der Waals surface area contributed by atoms with Crippen LogP contribution in [0.5, 0.6) is 0 Å². The van der Waals surface area contributed by atoms with Crippen LogP contribution in [0.2, 0.25) is 0 Å². The number of fused-ring (bicyclic) bond motifs is 3. The number of pyridine rings is 2. The predicted molar refractivity (Wildman–Crippen MR) is 112 cm³/mol. The number of rotatable bonds is 3. The van der Waals surface area contributed by atoms with Crippen molar-refractivity contribution in [1.29, 1.82) is 0 Å². The molecule has 1 N–H and O–H groups in total. The minimum absolute atomic E-state index is 0.967. The van der Waals surface area contributed by atoms with Gasteiger partial charge in [0, 0.05) is 40.1 Å². The van der Waals surface area contributed by atoms with Crippen LogP contribution in [-0.4, -0.2) is 9.97 Å². The molecular formula is C24H17N3. The lowest BCUT2D eigenvalue weighted by Gasteiger charge is -2.10. The molecule has 5 rings (SSSR count). The van der Waals surface area contributed by atoms with Gasteiger partial charge in [-0.2, -0.15) is 0 Å². The Labute approximate surface area is 157 Å². The van der Waals surface area contributed by atoms with Crippen LogP contribution in [0, 0.1) is 0 Å². The normalized spacial score (nSPS) is 11.0. The fourth-order valence-electron chi connectivity index (χ4n) is 3.40. The lowest BCUT2D eigenvalue weighted by molar-refractivity contribution is 1.33. The largest absolute Gasteiger partial charge is 0.355 e. The number of nitrogens with zero attached hydrogens (tertiary/aromatic N) is 2. The summed E-state index contributed by atoms with van der Waals surface area (Å²) >= 11 is 0. The molecule has 2 heterocycles. The van der Waals surface area contributed by atoms with E-state index >= 15 is 0 Å². The third kappa shape index (κ3) is 3.00. The van der Waals surface area contributed by atoms with Crippen molar-refractivity contribution >= 4 is 33.1 Å². The van der Waals surface area contributed by atoms with Crippen LogP contribution in [0.4, 0.5) is 11.4 Å². The van der Waals surface area contributed by atoms with Gasteiger partial charge in [-0.1, -0.05) is 42.5 Å². The molecule has 2 aromatic heterocycles. The zero-order chi connectivity index (χ0) is 18.1. The predicted octanol–water partition coefficient (Wildman–Crippen LogP) is 6.19. The number of anilines is 2. The molecule has 0 spiro atoms. The summed E-state index contributed by atoms with van der Waals surface area (Å²) in [6.45, 7) is 0. The average Bonchev–Trinajstić information content (AvgIpc) is 2.74. The molecule has 0 aliphatic rings. The Morgan fingerprint density at radius 2 is 1.44 bits per heavy atom. The molecule has 27 heavy (non-hydrogen) atoms. The Balaban J connectivity index is 1.54. The van der Waals surface area contributed by atoms with Gasteiger partial charge < -0.3 is 5.32 Å². The fourth-order valence-corrected chi connectivity index (χ4v) is 3.40. The van der Waals surface area contributed by atoms with Crippen LogP contribution in [0.1, 0.15) is 0 Å². The Morgan fingerprint density at radius 1 is 0.593 bits per heavy atom. The highest BCUT2D eigenvalue weighted by atomic mass is 14.9. The van der Waals surface area contributed by atoms with Crippen LogP contribution in [0.3, 0.4) is 0 Å². The lowest BCUT2D eigenvalue weighted by atomic mass is 10.1. The average molecular weight is 347 g/mol. The van der Waals surface area contributed by atoms with Gasteiger partial charge in [-0.15, -0.1) is 0 Å². The summed E-state index contributed by atoms with van der Waals surface area (Å²) in [6, 6.07) is 29.0. The number of hydrogen-bond donors (Lipinski definition) is 1. The number of hydrogen-bond acceptors (Lipinski definition) is 3. The minimum atomic E-state index is 0.967. The van der Waals surface area contributed by atoms with Crippen molar-refractivity contribution in [1.82, 2.24) is 9.97 Å². The van der Waals surface area contributed by atoms with Gasteiger partial charge in [-0.25, -0.2) is 0 Å². The molecule has 0 amide bonds. The molecule has 0 atom stereocenters. The van der Waals surface area contributed by atoms with E-state index in [9.17, 15) is 0 Å². The maximum atomic E-state index is 4.58. The van der Waals surface area contributed by atoms with Crippen molar-refractivity contribution in [2.75, 3.05) is 5.32 Å². The number of benzene rings is 3. The number of nitrogens with one attached hydrogen (secondary N) is 1. The first-order chi connectivity index (χ1) is 13.4. The molecule has 3 nitrogen and oxygen atoms in total. The van der Waals surface area contributed by atoms with Crippen LogP contribution < -0.4 is 5.32 Å². The van der Waals surface area contributed by atoms with Gasteiger partial charge >= 0.3 is 0 Å². The first-order valence-corrected chi connectivity index (χ1v) is 8.93. The van der Waals surface area contributed by atoms with E-state index in [1.807, 2.05) is 42.7 Å². The van der Waals surface area contributed by atoms with Crippen LogP contribution in [-0.2, 0) is 0 Å². The van der Waals surface area contributed by atoms with E-state index in [0.29, 0.717) is 0 Å². The fraction of sp³-hybridized carbons (Fsp3) is 0. The summed E-state index contributed by atoms with van der Waals surface area (Å²) in [5, 5.41) is 7.01. The zero-order valence-corrected chi connectivity index (χ0v) is 14.6. The molecule has 0 aliphatic heterocycles. The topological polar surface area (TPSA) is 37.8 Å². The van der Waals surface area contributed by atoms with E-state index in [-0.39, 0.29) is 0 Å². The quantitative estimate of drug-likeness (QED) is 0.395. The molecule has 0 aliphatic carbocycles. The molecule has 0 saturated carbocycles. The van der Waals surface area contributed by atoms with Crippen molar-refractivity contribution in [2.45, 2.75) is 0 Å². The third-order valence-corrected chi connectivity index (χ3v) is 4.70. The van der Waals surface area contributed by atoms with Gasteiger partial charge in [-0.05, 0) is 47.9 Å². The summed E-state index contributed by atoms with van der Waals surface area (Å²) in [5.74, 6) is 0. The molecule has 5 aromatic rings. The van der Waals surface area contributed by atoms with E-state index in [4.69, 9.17) is 0 Å². The first kappa shape index (κ1) is 15.5. The summed E-state index contributed by atoms with van der Waals surface area (Å²) in [6.07, 6.45) is 3.66. The molecule has 0 radical (unpaired) electrons. The van der Waals surface area contributed by atoms with Gasteiger partial charge in [0.1, 0.15) is 0 Å². The maximum Gasteiger partial charge on any atom is 0.0781 e. The Hall–Kier alpha value is -3.72. The molecule has 0 saturated heterocycles. The van der Waals surface area contributed by atoms with E-state index in [2.05, 4.69) is 69.9 Å². The lowest BCUT2D eigenvalue weighted by Crippen LogP contribution is -1.92. The van der Waals surface area contributed by atoms with Gasteiger partial charge in [0.2, 0.25) is 0 Å². The summed E-state index contributed by atoms with van der Waals surface area (Å²) < 4.78 is 0. The Kier molecular flexibility index (Phi) is 3.76. The molecule has 0 bridgehead atoms. The highest BCUT2D eigenvalue weighted by molar-refractivity contribution is 6.06. The second kappa shape index (κ2) is 6.54. The first-order valence-electron chi connectivity index (χ1n) is 8.93. The van der Waals surface area contributed by atoms with Crippen LogP contribution >= 0.6 is 0 Å². The van der Waals surface area contributed by atoms with E-state index in [1.54, 1.807) is 0 Å². The SMILES string of the molecule is c1ccc(-c2cccc(Nc3ccc4ccc5cccnc5c4c3)c2)nc1. The monoisotopic (exact) mass is 347 g/mol. The summed E-state index contributed by atoms with van der Waals surface area (Å²) in [5.41, 5.74) is 5.16. The van der Waals surface area contributed by atoms with E-state index in [1.165, 1.54) is 5.39 Å². The second-order valence-electron chi connectivity index (χ2n) is 6.50. The molecule has 128 valence electrons. The molecule has 0 unspecified atom stereocenters. The van der Waals surface area contributed by atoms with Gasteiger partial charge in [-0.3, -0.25) is 9.97 Å². The highest BCUT2D eigenvalue weighted by Crippen LogP contribution is 2.29. The van der Waals surface area contributed by atoms with E-state index < -0.39 is 0 Å². The summed E-state index contributed by atoms with van der Waals surface area (Å²) in [4.78, 5) is 9.01. The standard InChI is InChI=1S/C24H17N3/c1-2-13-25-23(8-1)19-5-3-7-20(15-19)27-21-12-11-17-9-10-18-6-4-14-26-24(18)22(17)16-21/h1-16,27H. The molecular weight excluding hydrogens is 330 g/mol. The van der Waals surface area contributed by atoms with Crippen molar-refractivity contribution in [3.05, 3.63) is 97.3 Å². The summed E-state index contributed by atoms with van der Waals surface area (Å²) in [7, 11) is 0. The highest BCUT2D eigenvalue weighted by Gasteiger charge is 2.04. The van der Waals surface area contributed by atoms with Crippen LogP contribution in [0.25, 0.3) is 32.9 Å². The van der Waals surface area contributed by atoms with Crippen molar-refractivity contribution in [3.8, 4) is 11.3 Å². The maximum absolute atomic E-state index is 4.58. The van der Waals surface area contributed by atoms with Gasteiger partial charge in [0.25, 0.3) is 0 Å². The van der Waals surface area contributed by atoms with Crippen molar-refractivity contribution in [3.63, 3.8) is 0 Å². The molecule has 0 fully saturated rings.